The molecule has 1 saturated heterocycles. The molecular formula is C18H26N2O2. The number of amides is 2. The molecule has 0 aromatic heterocycles. The lowest BCUT2D eigenvalue weighted by molar-refractivity contribution is -0.132. The van der Waals surface area contributed by atoms with E-state index in [0.717, 1.165) is 31.5 Å². The molecule has 1 aromatic rings. The van der Waals surface area contributed by atoms with Crippen LogP contribution in [0.25, 0.3) is 0 Å². The number of piperidine rings is 1. The average molecular weight is 302 g/mol. The van der Waals surface area contributed by atoms with E-state index in [4.69, 9.17) is 0 Å². The van der Waals surface area contributed by atoms with Crippen LogP contribution in [0.1, 0.15) is 38.7 Å². The molecule has 22 heavy (non-hydrogen) atoms. The van der Waals surface area contributed by atoms with Crippen molar-refractivity contribution in [3.63, 3.8) is 0 Å². The van der Waals surface area contributed by atoms with Crippen LogP contribution >= 0.6 is 0 Å². The molecule has 0 bridgehead atoms. The van der Waals surface area contributed by atoms with Crippen molar-refractivity contribution in [1.82, 2.24) is 10.2 Å². The van der Waals surface area contributed by atoms with Gasteiger partial charge >= 0.3 is 0 Å². The third-order valence-electron chi connectivity index (χ3n) is 4.64. The number of likely N-dealkylation sites (tertiary alicyclic amines) is 1. The Labute approximate surface area is 132 Å². The van der Waals surface area contributed by atoms with E-state index in [-0.39, 0.29) is 11.8 Å². The first-order chi connectivity index (χ1) is 10.6. The second-order valence-corrected chi connectivity index (χ2v) is 6.15. The van der Waals surface area contributed by atoms with Crippen molar-refractivity contribution in [3.05, 3.63) is 35.9 Å². The Kier molecular flexibility index (Phi) is 5.99. The van der Waals surface area contributed by atoms with Crippen LogP contribution in [0.5, 0.6) is 0 Å². The lowest BCUT2D eigenvalue weighted by Gasteiger charge is -2.37. The van der Waals surface area contributed by atoms with Crippen LogP contribution in [0, 0.1) is 11.8 Å². The number of nitrogens with one attached hydrogen (secondary N) is 1. The molecule has 1 heterocycles. The Morgan fingerprint density at radius 3 is 2.59 bits per heavy atom. The van der Waals surface area contributed by atoms with Gasteiger partial charge < -0.3 is 10.2 Å². The molecule has 0 radical (unpaired) electrons. The summed E-state index contributed by atoms with van der Waals surface area (Å²) in [7, 11) is 0. The van der Waals surface area contributed by atoms with E-state index in [1.165, 1.54) is 0 Å². The number of benzene rings is 1. The van der Waals surface area contributed by atoms with E-state index in [1.807, 2.05) is 35.2 Å². The second-order valence-electron chi connectivity index (χ2n) is 6.15. The Morgan fingerprint density at radius 1 is 1.23 bits per heavy atom. The van der Waals surface area contributed by atoms with Crippen molar-refractivity contribution in [1.29, 1.82) is 0 Å². The standard InChI is InChI=1S/C18H26N2O2/c1-3-16-13-20(14(2)21)10-9-17(16)11-18(22)19-12-15-7-5-4-6-8-15/h4-8,16-17H,3,9-13H2,1-2H3,(H,19,22)/t16-,17-/m0/s1. The molecule has 1 aromatic carbocycles. The van der Waals surface area contributed by atoms with Gasteiger partial charge in [0, 0.05) is 33.0 Å². The van der Waals surface area contributed by atoms with Gasteiger partial charge in [0.05, 0.1) is 0 Å². The molecule has 1 aliphatic rings. The first-order valence-corrected chi connectivity index (χ1v) is 8.16. The highest BCUT2D eigenvalue weighted by molar-refractivity contribution is 5.76. The van der Waals surface area contributed by atoms with Crippen LogP contribution in [-0.4, -0.2) is 29.8 Å². The topological polar surface area (TPSA) is 49.4 Å². The molecule has 120 valence electrons. The van der Waals surface area contributed by atoms with Crippen LogP contribution in [-0.2, 0) is 16.1 Å². The maximum absolute atomic E-state index is 12.2. The molecule has 2 atom stereocenters. The van der Waals surface area contributed by atoms with Gasteiger partial charge in [-0.05, 0) is 23.8 Å². The molecule has 4 heteroatoms. The number of nitrogens with zero attached hydrogens (tertiary/aromatic N) is 1. The first kappa shape index (κ1) is 16.5. The van der Waals surface area contributed by atoms with E-state index in [0.29, 0.717) is 24.8 Å². The van der Waals surface area contributed by atoms with E-state index in [9.17, 15) is 9.59 Å². The van der Waals surface area contributed by atoms with Gasteiger partial charge in [0.1, 0.15) is 0 Å². The van der Waals surface area contributed by atoms with Crippen molar-refractivity contribution >= 4 is 11.8 Å². The summed E-state index contributed by atoms with van der Waals surface area (Å²) in [6.07, 6.45) is 2.51. The zero-order valence-corrected chi connectivity index (χ0v) is 13.5. The highest BCUT2D eigenvalue weighted by Crippen LogP contribution is 2.29. The maximum Gasteiger partial charge on any atom is 0.220 e. The zero-order chi connectivity index (χ0) is 15.9. The number of hydrogen-bond acceptors (Lipinski definition) is 2. The van der Waals surface area contributed by atoms with Gasteiger partial charge in [-0.3, -0.25) is 9.59 Å². The predicted octanol–water partition coefficient (Wildman–Crippen LogP) is 2.59. The molecule has 1 aliphatic heterocycles. The fourth-order valence-electron chi connectivity index (χ4n) is 3.20. The molecule has 2 amide bonds. The zero-order valence-electron chi connectivity index (χ0n) is 13.5. The molecule has 0 spiro atoms. The first-order valence-electron chi connectivity index (χ1n) is 8.16. The van der Waals surface area contributed by atoms with E-state index in [2.05, 4.69) is 12.2 Å². The van der Waals surface area contributed by atoms with Crippen LogP contribution < -0.4 is 5.32 Å². The second kappa shape index (κ2) is 7.97. The molecule has 0 unspecified atom stereocenters. The van der Waals surface area contributed by atoms with E-state index < -0.39 is 0 Å². The summed E-state index contributed by atoms with van der Waals surface area (Å²) < 4.78 is 0. The number of hydrogen-bond donors (Lipinski definition) is 1. The fourth-order valence-corrected chi connectivity index (χ4v) is 3.20. The molecule has 0 saturated carbocycles. The highest BCUT2D eigenvalue weighted by atomic mass is 16.2. The normalized spacial score (nSPS) is 21.5. The van der Waals surface area contributed by atoms with Gasteiger partial charge in [0.25, 0.3) is 0 Å². The van der Waals surface area contributed by atoms with Gasteiger partial charge in [-0.1, -0.05) is 43.7 Å². The van der Waals surface area contributed by atoms with Crippen LogP contribution in [0.4, 0.5) is 0 Å². The molecule has 1 N–H and O–H groups in total. The van der Waals surface area contributed by atoms with Crippen LogP contribution in [0.2, 0.25) is 0 Å². The van der Waals surface area contributed by atoms with Gasteiger partial charge in [-0.2, -0.15) is 0 Å². The van der Waals surface area contributed by atoms with Gasteiger partial charge in [0.15, 0.2) is 0 Å². The largest absolute Gasteiger partial charge is 0.352 e. The van der Waals surface area contributed by atoms with Crippen molar-refractivity contribution in [2.45, 2.75) is 39.7 Å². The SMILES string of the molecule is CC[C@H]1CN(C(C)=O)CC[C@H]1CC(=O)NCc1ccccc1. The van der Waals surface area contributed by atoms with Crippen molar-refractivity contribution in [2.24, 2.45) is 11.8 Å². The van der Waals surface area contributed by atoms with Crippen molar-refractivity contribution in [2.75, 3.05) is 13.1 Å². The predicted molar refractivity (Wildman–Crippen MR) is 87.0 cm³/mol. The molecule has 4 nitrogen and oxygen atoms in total. The smallest absolute Gasteiger partial charge is 0.220 e. The highest BCUT2D eigenvalue weighted by Gasteiger charge is 2.30. The molecule has 1 fully saturated rings. The Balaban J connectivity index is 1.81. The monoisotopic (exact) mass is 302 g/mol. The van der Waals surface area contributed by atoms with Gasteiger partial charge in [-0.25, -0.2) is 0 Å². The summed E-state index contributed by atoms with van der Waals surface area (Å²) in [4.78, 5) is 25.6. The Hall–Kier alpha value is -1.84. The minimum Gasteiger partial charge on any atom is -0.352 e. The molecule has 0 aliphatic carbocycles. The van der Waals surface area contributed by atoms with Crippen molar-refractivity contribution in [3.8, 4) is 0 Å². The molecule has 2 rings (SSSR count). The number of carbonyl (C=O) groups excluding carboxylic acids is 2. The van der Waals surface area contributed by atoms with E-state index >= 15 is 0 Å². The van der Waals surface area contributed by atoms with Crippen LogP contribution in [0.3, 0.4) is 0 Å². The van der Waals surface area contributed by atoms with E-state index in [1.54, 1.807) is 6.92 Å². The lowest BCUT2D eigenvalue weighted by Crippen LogP contribution is -2.43. The summed E-state index contributed by atoms with van der Waals surface area (Å²) >= 11 is 0. The summed E-state index contributed by atoms with van der Waals surface area (Å²) in [6.45, 7) is 5.93. The Morgan fingerprint density at radius 2 is 1.95 bits per heavy atom. The number of rotatable bonds is 5. The summed E-state index contributed by atoms with van der Waals surface area (Å²) in [5.74, 6) is 1.07. The third-order valence-corrected chi connectivity index (χ3v) is 4.64. The quantitative estimate of drug-likeness (QED) is 0.909. The summed E-state index contributed by atoms with van der Waals surface area (Å²) in [6, 6.07) is 9.96. The maximum atomic E-state index is 12.2. The lowest BCUT2D eigenvalue weighted by atomic mass is 9.81. The Bertz CT molecular complexity index is 501. The van der Waals surface area contributed by atoms with Crippen molar-refractivity contribution < 1.29 is 9.59 Å². The minimum atomic E-state index is 0.114. The third kappa shape index (κ3) is 4.58. The average Bonchev–Trinajstić information content (AvgIpc) is 2.54. The number of carbonyl (C=O) groups is 2. The van der Waals surface area contributed by atoms with Crippen LogP contribution in [0.15, 0.2) is 30.3 Å². The summed E-state index contributed by atoms with van der Waals surface area (Å²) in [5.41, 5.74) is 1.12. The van der Waals surface area contributed by atoms with Gasteiger partial charge in [0.2, 0.25) is 11.8 Å². The molecular weight excluding hydrogens is 276 g/mol. The fraction of sp³-hybridized carbons (Fsp3) is 0.556. The minimum absolute atomic E-state index is 0.114. The summed E-state index contributed by atoms with van der Waals surface area (Å²) in [5, 5.41) is 3.01. The van der Waals surface area contributed by atoms with Gasteiger partial charge in [-0.15, -0.1) is 0 Å².